The van der Waals surface area contributed by atoms with Gasteiger partial charge in [0.25, 0.3) is 5.91 Å². The van der Waals surface area contributed by atoms with Crippen molar-refractivity contribution >= 4 is 23.0 Å². The van der Waals surface area contributed by atoms with E-state index >= 15 is 0 Å². The first-order valence-electron chi connectivity index (χ1n) is 8.68. The van der Waals surface area contributed by atoms with Gasteiger partial charge in [0.05, 0.1) is 0 Å². The zero-order valence-corrected chi connectivity index (χ0v) is 16.4. The van der Waals surface area contributed by atoms with E-state index in [1.165, 1.54) is 17.6 Å². The lowest BCUT2D eigenvalue weighted by Crippen LogP contribution is -2.29. The summed E-state index contributed by atoms with van der Waals surface area (Å²) in [5.41, 5.74) is 7.19. The second kappa shape index (κ2) is 8.83. The van der Waals surface area contributed by atoms with Crippen molar-refractivity contribution in [2.24, 2.45) is 5.16 Å². The summed E-state index contributed by atoms with van der Waals surface area (Å²) in [6.45, 7) is 2.32. The molecule has 2 N–H and O–H groups in total. The predicted octanol–water partition coefficient (Wildman–Crippen LogP) is 3.33. The van der Waals surface area contributed by atoms with Crippen LogP contribution in [0, 0.1) is 0 Å². The Morgan fingerprint density at radius 3 is 2.81 bits per heavy atom. The smallest absolute Gasteiger partial charge is 0.273 e. The van der Waals surface area contributed by atoms with Gasteiger partial charge < -0.3 is 10.2 Å². The van der Waals surface area contributed by atoms with Crippen LogP contribution in [0.1, 0.15) is 35.3 Å². The van der Waals surface area contributed by atoms with Crippen molar-refractivity contribution in [1.29, 1.82) is 0 Å². The van der Waals surface area contributed by atoms with Crippen LogP contribution in [0.15, 0.2) is 58.2 Å². The molecule has 1 heterocycles. The van der Waals surface area contributed by atoms with Crippen LogP contribution >= 0.6 is 11.3 Å². The molecule has 0 spiro atoms. The zero-order chi connectivity index (χ0) is 19.2. The molecule has 3 rings (SSSR count). The van der Waals surface area contributed by atoms with Gasteiger partial charge in [-0.2, -0.15) is 0 Å². The second-order valence-electron chi connectivity index (χ2n) is 6.17. The van der Waals surface area contributed by atoms with Crippen molar-refractivity contribution in [2.75, 3.05) is 14.2 Å². The lowest BCUT2D eigenvalue weighted by Gasteiger charge is -2.12. The number of likely N-dealkylation sites (N-methyl/N-ethyl adjacent to an activating group) is 1. The van der Waals surface area contributed by atoms with Crippen molar-refractivity contribution in [3.8, 4) is 0 Å². The maximum Gasteiger partial charge on any atom is 0.273 e. The molecule has 142 valence electrons. The highest BCUT2D eigenvalue weighted by Crippen LogP contribution is 2.49. The van der Waals surface area contributed by atoms with Crippen LogP contribution in [0.5, 0.6) is 0 Å². The Balaban J connectivity index is 1.65. The molecule has 1 aromatic carbocycles. The maximum absolute atomic E-state index is 12.1. The number of hydroxylamine groups is 1. The number of oxime groups is 1. The standard InChI is InChI=1S/C20H23N3O3S/c1-13(16-11-17(16)18-9-6-10-27-18)22-26-12-14-7-4-5-8-15(14)19(23-25-3)20(24)21-2/h4-10,17,22H,11-12H2,1-3H3,(H,21,24)/t17-/m1/s1. The SMILES string of the molecule is CNC(=O)C(=NOC)c1ccccc1CONC(C)=C1C[C@H]1c1cccs1. The van der Waals surface area contributed by atoms with E-state index in [9.17, 15) is 4.79 Å². The Morgan fingerprint density at radius 2 is 2.11 bits per heavy atom. The van der Waals surface area contributed by atoms with Gasteiger partial charge in [-0.3, -0.25) is 15.1 Å². The summed E-state index contributed by atoms with van der Waals surface area (Å²) in [6, 6.07) is 11.7. The van der Waals surface area contributed by atoms with Crippen molar-refractivity contribution < 1.29 is 14.5 Å². The molecule has 2 aromatic rings. The van der Waals surface area contributed by atoms with Crippen LogP contribution in [0.2, 0.25) is 0 Å². The van der Waals surface area contributed by atoms with Crippen LogP contribution in [-0.2, 0) is 21.1 Å². The Kier molecular flexibility index (Phi) is 6.26. The number of carbonyl (C=O) groups is 1. The quantitative estimate of drug-likeness (QED) is 0.540. The summed E-state index contributed by atoms with van der Waals surface area (Å²) in [7, 11) is 2.97. The highest BCUT2D eigenvalue weighted by atomic mass is 32.1. The van der Waals surface area contributed by atoms with Crippen LogP contribution in [0.4, 0.5) is 0 Å². The molecule has 1 amide bonds. The number of amides is 1. The minimum atomic E-state index is -0.313. The summed E-state index contributed by atoms with van der Waals surface area (Å²) >= 11 is 1.78. The fourth-order valence-electron chi connectivity index (χ4n) is 2.92. The molecule has 1 aliphatic rings. The number of thiophene rings is 1. The van der Waals surface area contributed by atoms with Crippen molar-refractivity contribution in [2.45, 2.75) is 25.9 Å². The predicted molar refractivity (Wildman–Crippen MR) is 106 cm³/mol. The van der Waals surface area contributed by atoms with E-state index in [4.69, 9.17) is 9.68 Å². The average molecular weight is 385 g/mol. The molecule has 1 fully saturated rings. The fraction of sp³-hybridized carbons (Fsp3) is 0.300. The molecule has 7 heteroatoms. The third kappa shape index (κ3) is 4.56. The van der Waals surface area contributed by atoms with Crippen LogP contribution in [0.3, 0.4) is 0 Å². The molecule has 0 saturated heterocycles. The van der Waals surface area contributed by atoms with Gasteiger partial charge in [0.1, 0.15) is 13.7 Å². The molecule has 1 atom stereocenters. The monoisotopic (exact) mass is 385 g/mol. The lowest BCUT2D eigenvalue weighted by atomic mass is 10.0. The van der Waals surface area contributed by atoms with Gasteiger partial charge in [-0.25, -0.2) is 0 Å². The third-order valence-electron chi connectivity index (χ3n) is 4.40. The summed E-state index contributed by atoms with van der Waals surface area (Å²) in [6.07, 6.45) is 1.07. The Hall–Kier alpha value is -2.64. The average Bonchev–Trinajstić information content (AvgIpc) is 3.31. The number of nitrogens with one attached hydrogen (secondary N) is 2. The molecule has 0 radical (unpaired) electrons. The number of nitrogens with zero attached hydrogens (tertiary/aromatic N) is 1. The first-order valence-corrected chi connectivity index (χ1v) is 9.56. The first-order chi connectivity index (χ1) is 13.2. The van der Waals surface area contributed by atoms with Crippen LogP contribution in [0.25, 0.3) is 0 Å². The Morgan fingerprint density at radius 1 is 1.30 bits per heavy atom. The highest BCUT2D eigenvalue weighted by molar-refractivity contribution is 7.10. The van der Waals surface area contributed by atoms with E-state index in [1.54, 1.807) is 18.4 Å². The topological polar surface area (TPSA) is 72.0 Å². The van der Waals surface area contributed by atoms with Crippen molar-refractivity contribution in [3.05, 3.63) is 69.1 Å². The van der Waals surface area contributed by atoms with E-state index < -0.39 is 0 Å². The van der Waals surface area contributed by atoms with Gasteiger partial charge >= 0.3 is 0 Å². The Labute approximate surface area is 162 Å². The molecule has 1 aromatic heterocycles. The number of carbonyl (C=O) groups excluding carboxylic acids is 1. The minimum Gasteiger partial charge on any atom is -0.398 e. The molecule has 0 unspecified atom stereocenters. The van der Waals surface area contributed by atoms with Crippen LogP contribution in [-0.4, -0.2) is 25.8 Å². The van der Waals surface area contributed by atoms with Gasteiger partial charge in [0.15, 0.2) is 5.71 Å². The summed E-state index contributed by atoms with van der Waals surface area (Å²) in [5, 5.41) is 8.55. The van der Waals surface area contributed by atoms with Gasteiger partial charge in [-0.1, -0.05) is 35.5 Å². The largest absolute Gasteiger partial charge is 0.398 e. The molecule has 6 nitrogen and oxygen atoms in total. The molecular formula is C20H23N3O3S. The summed E-state index contributed by atoms with van der Waals surface area (Å²) in [5.74, 6) is 0.203. The number of benzene rings is 1. The molecular weight excluding hydrogens is 362 g/mol. The summed E-state index contributed by atoms with van der Waals surface area (Å²) in [4.78, 5) is 24.0. The van der Waals surface area contributed by atoms with Gasteiger partial charge in [0.2, 0.25) is 0 Å². The maximum atomic E-state index is 12.1. The van der Waals surface area contributed by atoms with Gasteiger partial charge in [0, 0.05) is 29.1 Å². The van der Waals surface area contributed by atoms with Crippen molar-refractivity contribution in [1.82, 2.24) is 10.8 Å². The van der Waals surface area contributed by atoms with E-state index in [1.807, 2.05) is 31.2 Å². The third-order valence-corrected chi connectivity index (χ3v) is 5.39. The van der Waals surface area contributed by atoms with Crippen molar-refractivity contribution in [3.63, 3.8) is 0 Å². The number of allylic oxidation sites excluding steroid dienone is 2. The van der Waals surface area contributed by atoms with E-state index in [2.05, 4.69) is 33.5 Å². The molecule has 0 aliphatic heterocycles. The van der Waals surface area contributed by atoms with E-state index in [0.29, 0.717) is 18.1 Å². The van der Waals surface area contributed by atoms with Gasteiger partial charge in [-0.05, 0) is 35.9 Å². The summed E-state index contributed by atoms with van der Waals surface area (Å²) < 4.78 is 0. The molecule has 27 heavy (non-hydrogen) atoms. The number of hydrogen-bond donors (Lipinski definition) is 2. The Bertz CT molecular complexity index is 859. The van der Waals surface area contributed by atoms with E-state index in [0.717, 1.165) is 17.7 Å². The number of rotatable bonds is 8. The highest BCUT2D eigenvalue weighted by Gasteiger charge is 2.34. The lowest BCUT2D eigenvalue weighted by molar-refractivity contribution is -0.114. The second-order valence-corrected chi connectivity index (χ2v) is 7.15. The molecule has 1 saturated carbocycles. The van der Waals surface area contributed by atoms with Gasteiger partial charge in [-0.15, -0.1) is 11.3 Å². The number of hydrogen-bond acceptors (Lipinski definition) is 6. The van der Waals surface area contributed by atoms with E-state index in [-0.39, 0.29) is 11.6 Å². The normalized spacial score (nSPS) is 18.0. The molecule has 1 aliphatic carbocycles. The fourth-order valence-corrected chi connectivity index (χ4v) is 3.79. The first kappa shape index (κ1) is 19.1. The zero-order valence-electron chi connectivity index (χ0n) is 15.6. The van der Waals surface area contributed by atoms with Crippen LogP contribution < -0.4 is 10.8 Å². The molecule has 0 bridgehead atoms. The minimum absolute atomic E-state index is 0.217.